The van der Waals surface area contributed by atoms with Crippen LogP contribution in [0.4, 0.5) is 5.82 Å². The SMILES string of the molecule is CC(C)CN1CCN(C(=O)c2cccnc2N2CCCC2)CC1. The smallest absolute Gasteiger partial charge is 0.257 e. The van der Waals surface area contributed by atoms with E-state index in [1.165, 1.54) is 12.8 Å². The number of hydrogen-bond acceptors (Lipinski definition) is 4. The van der Waals surface area contributed by atoms with Gasteiger partial charge in [0.15, 0.2) is 0 Å². The van der Waals surface area contributed by atoms with Crippen LogP contribution in [-0.4, -0.2) is 66.5 Å². The quantitative estimate of drug-likeness (QED) is 0.853. The Morgan fingerprint density at radius 3 is 2.48 bits per heavy atom. The lowest BCUT2D eigenvalue weighted by molar-refractivity contribution is 0.0624. The highest BCUT2D eigenvalue weighted by atomic mass is 16.2. The molecule has 0 unspecified atom stereocenters. The van der Waals surface area contributed by atoms with Crippen LogP contribution >= 0.6 is 0 Å². The van der Waals surface area contributed by atoms with E-state index in [1.807, 2.05) is 17.0 Å². The van der Waals surface area contributed by atoms with E-state index in [0.29, 0.717) is 5.92 Å². The highest BCUT2D eigenvalue weighted by Gasteiger charge is 2.26. The number of rotatable bonds is 4. The second-order valence-electron chi connectivity index (χ2n) is 7.06. The number of pyridine rings is 1. The first kappa shape index (κ1) is 16.2. The standard InChI is InChI=1S/C18H28N4O/c1-15(2)14-20-10-12-22(13-11-20)18(23)16-6-5-7-19-17(16)21-8-3-4-9-21/h5-7,15H,3-4,8-14H2,1-2H3. The first-order valence-corrected chi connectivity index (χ1v) is 8.87. The molecule has 5 heteroatoms. The monoisotopic (exact) mass is 316 g/mol. The zero-order valence-corrected chi connectivity index (χ0v) is 14.4. The third-order valence-corrected chi connectivity index (χ3v) is 4.71. The average Bonchev–Trinajstić information content (AvgIpc) is 3.09. The largest absolute Gasteiger partial charge is 0.356 e. The topological polar surface area (TPSA) is 39.7 Å². The Morgan fingerprint density at radius 2 is 1.83 bits per heavy atom. The summed E-state index contributed by atoms with van der Waals surface area (Å²) in [7, 11) is 0. The molecule has 126 valence electrons. The lowest BCUT2D eigenvalue weighted by atomic mass is 10.1. The van der Waals surface area contributed by atoms with Gasteiger partial charge in [0.1, 0.15) is 5.82 Å². The lowest BCUT2D eigenvalue weighted by Crippen LogP contribution is -2.49. The Kier molecular flexibility index (Phi) is 5.16. The molecule has 0 aliphatic carbocycles. The maximum atomic E-state index is 12.9. The van der Waals surface area contributed by atoms with Gasteiger partial charge < -0.3 is 9.80 Å². The molecule has 0 spiro atoms. The van der Waals surface area contributed by atoms with E-state index < -0.39 is 0 Å². The van der Waals surface area contributed by atoms with E-state index in [0.717, 1.165) is 57.2 Å². The van der Waals surface area contributed by atoms with Crippen LogP contribution < -0.4 is 4.90 Å². The molecule has 2 aliphatic rings. The molecule has 3 heterocycles. The third-order valence-electron chi connectivity index (χ3n) is 4.71. The highest BCUT2D eigenvalue weighted by molar-refractivity contribution is 5.99. The number of carbonyl (C=O) groups is 1. The molecule has 1 aromatic heterocycles. The van der Waals surface area contributed by atoms with E-state index in [-0.39, 0.29) is 5.91 Å². The Balaban J connectivity index is 1.67. The van der Waals surface area contributed by atoms with Gasteiger partial charge in [0.2, 0.25) is 0 Å². The molecular formula is C18H28N4O. The van der Waals surface area contributed by atoms with Crippen molar-refractivity contribution in [1.82, 2.24) is 14.8 Å². The lowest BCUT2D eigenvalue weighted by Gasteiger charge is -2.36. The molecular weight excluding hydrogens is 288 g/mol. The first-order valence-electron chi connectivity index (χ1n) is 8.87. The molecule has 0 saturated carbocycles. The van der Waals surface area contributed by atoms with Gasteiger partial charge >= 0.3 is 0 Å². The van der Waals surface area contributed by atoms with Crippen molar-refractivity contribution in [2.45, 2.75) is 26.7 Å². The normalized spacial score (nSPS) is 19.6. The maximum absolute atomic E-state index is 12.9. The summed E-state index contributed by atoms with van der Waals surface area (Å²) in [4.78, 5) is 24.1. The summed E-state index contributed by atoms with van der Waals surface area (Å²) in [6, 6.07) is 3.81. The molecule has 0 aromatic carbocycles. The number of aromatic nitrogens is 1. The van der Waals surface area contributed by atoms with Crippen molar-refractivity contribution in [3.05, 3.63) is 23.9 Å². The molecule has 2 aliphatic heterocycles. The molecule has 0 bridgehead atoms. The summed E-state index contributed by atoms with van der Waals surface area (Å²) in [5, 5.41) is 0. The van der Waals surface area contributed by atoms with Crippen LogP contribution in [0.25, 0.3) is 0 Å². The van der Waals surface area contributed by atoms with Crippen molar-refractivity contribution in [2.75, 3.05) is 50.7 Å². The van der Waals surface area contributed by atoms with Crippen LogP contribution in [0.15, 0.2) is 18.3 Å². The zero-order valence-electron chi connectivity index (χ0n) is 14.4. The Morgan fingerprint density at radius 1 is 1.13 bits per heavy atom. The molecule has 3 rings (SSSR count). The van der Waals surface area contributed by atoms with Gasteiger partial charge in [0.25, 0.3) is 5.91 Å². The van der Waals surface area contributed by atoms with Crippen molar-refractivity contribution in [2.24, 2.45) is 5.92 Å². The van der Waals surface area contributed by atoms with Gasteiger partial charge in [0, 0.05) is 52.0 Å². The Hall–Kier alpha value is -1.62. The number of hydrogen-bond donors (Lipinski definition) is 0. The second kappa shape index (κ2) is 7.30. The van der Waals surface area contributed by atoms with Crippen LogP contribution in [-0.2, 0) is 0 Å². The molecule has 23 heavy (non-hydrogen) atoms. The summed E-state index contributed by atoms with van der Waals surface area (Å²) >= 11 is 0. The minimum Gasteiger partial charge on any atom is -0.356 e. The number of nitrogens with zero attached hydrogens (tertiary/aromatic N) is 4. The van der Waals surface area contributed by atoms with Gasteiger partial charge in [-0.25, -0.2) is 4.98 Å². The Bertz CT molecular complexity index is 532. The van der Waals surface area contributed by atoms with Crippen LogP contribution in [0.1, 0.15) is 37.0 Å². The molecule has 1 amide bonds. The second-order valence-corrected chi connectivity index (χ2v) is 7.06. The van der Waals surface area contributed by atoms with Gasteiger partial charge in [-0.15, -0.1) is 0 Å². The van der Waals surface area contributed by atoms with Gasteiger partial charge in [-0.2, -0.15) is 0 Å². The molecule has 0 radical (unpaired) electrons. The first-order chi connectivity index (χ1) is 11.1. The molecule has 2 fully saturated rings. The maximum Gasteiger partial charge on any atom is 0.257 e. The number of anilines is 1. The van der Waals surface area contributed by atoms with Gasteiger partial charge in [-0.1, -0.05) is 13.8 Å². The summed E-state index contributed by atoms with van der Waals surface area (Å²) in [6.45, 7) is 11.2. The fourth-order valence-corrected chi connectivity index (χ4v) is 3.57. The van der Waals surface area contributed by atoms with E-state index >= 15 is 0 Å². The van der Waals surface area contributed by atoms with Crippen molar-refractivity contribution < 1.29 is 4.79 Å². The fraction of sp³-hybridized carbons (Fsp3) is 0.667. The van der Waals surface area contributed by atoms with Crippen LogP contribution in [0.3, 0.4) is 0 Å². The van der Waals surface area contributed by atoms with Crippen LogP contribution in [0.5, 0.6) is 0 Å². The average molecular weight is 316 g/mol. The predicted octanol–water partition coefficient (Wildman–Crippen LogP) is 2.10. The summed E-state index contributed by atoms with van der Waals surface area (Å²) in [5.74, 6) is 1.70. The Labute approximate surface area is 139 Å². The number of carbonyl (C=O) groups excluding carboxylic acids is 1. The number of amides is 1. The van der Waals surface area contributed by atoms with Crippen LogP contribution in [0.2, 0.25) is 0 Å². The zero-order chi connectivity index (χ0) is 16.2. The molecule has 0 N–H and O–H groups in total. The van der Waals surface area contributed by atoms with Gasteiger partial charge in [-0.3, -0.25) is 9.69 Å². The summed E-state index contributed by atoms with van der Waals surface area (Å²) < 4.78 is 0. The highest BCUT2D eigenvalue weighted by Crippen LogP contribution is 2.23. The molecule has 2 saturated heterocycles. The van der Waals surface area contributed by atoms with Crippen LogP contribution in [0, 0.1) is 5.92 Å². The summed E-state index contributed by atoms with van der Waals surface area (Å²) in [6.07, 6.45) is 4.18. The fourth-order valence-electron chi connectivity index (χ4n) is 3.57. The molecule has 1 aromatic rings. The summed E-state index contributed by atoms with van der Waals surface area (Å²) in [5.41, 5.74) is 0.770. The van der Waals surface area contributed by atoms with E-state index in [9.17, 15) is 4.79 Å². The number of piperazine rings is 1. The van der Waals surface area contributed by atoms with Gasteiger partial charge in [0.05, 0.1) is 5.56 Å². The minimum atomic E-state index is 0.143. The predicted molar refractivity (Wildman–Crippen MR) is 92.9 cm³/mol. The van der Waals surface area contributed by atoms with E-state index in [2.05, 4.69) is 28.6 Å². The molecule has 5 nitrogen and oxygen atoms in total. The van der Waals surface area contributed by atoms with Crippen molar-refractivity contribution in [3.8, 4) is 0 Å². The van der Waals surface area contributed by atoms with Crippen molar-refractivity contribution >= 4 is 11.7 Å². The third kappa shape index (κ3) is 3.83. The molecule has 0 atom stereocenters. The van der Waals surface area contributed by atoms with Gasteiger partial charge in [-0.05, 0) is 30.9 Å². The van der Waals surface area contributed by atoms with E-state index in [4.69, 9.17) is 0 Å². The van der Waals surface area contributed by atoms with Crippen molar-refractivity contribution in [3.63, 3.8) is 0 Å². The van der Waals surface area contributed by atoms with Crippen molar-refractivity contribution in [1.29, 1.82) is 0 Å². The minimum absolute atomic E-state index is 0.143. The van der Waals surface area contributed by atoms with E-state index in [1.54, 1.807) is 6.20 Å².